The monoisotopic (exact) mass is 484 g/mol. The quantitative estimate of drug-likeness (QED) is 0.550. The first-order valence-corrected chi connectivity index (χ1v) is 10.9. The topological polar surface area (TPSA) is 111 Å². The lowest BCUT2D eigenvalue weighted by Crippen LogP contribution is -2.31. The fourth-order valence-corrected chi connectivity index (χ4v) is 5.35. The zero-order valence-corrected chi connectivity index (χ0v) is 18.6. The first-order valence-electron chi connectivity index (χ1n) is 9.26. The molecule has 3 aromatic rings. The normalized spacial score (nSPS) is 13.0. The van der Waals surface area contributed by atoms with Crippen LogP contribution in [0.2, 0.25) is 0 Å². The van der Waals surface area contributed by atoms with Crippen LogP contribution in [0.25, 0.3) is 5.69 Å². The maximum Gasteiger partial charge on any atom is 0.335 e. The highest BCUT2D eigenvalue weighted by Crippen LogP contribution is 2.40. The molecule has 1 aliphatic carbocycles. The van der Waals surface area contributed by atoms with E-state index in [9.17, 15) is 20.0 Å². The van der Waals surface area contributed by atoms with Crippen molar-refractivity contribution >= 4 is 38.5 Å². The molecule has 7 nitrogen and oxygen atoms in total. The fourth-order valence-electron chi connectivity index (χ4n) is 3.53. The van der Waals surface area contributed by atoms with Gasteiger partial charge in [0, 0.05) is 15.6 Å². The second-order valence-corrected chi connectivity index (χ2v) is 9.07. The number of aryl methyl sites for hydroxylation is 3. The van der Waals surface area contributed by atoms with Gasteiger partial charge in [-0.25, -0.2) is 14.4 Å². The minimum atomic E-state index is -0.758. The summed E-state index contributed by atoms with van der Waals surface area (Å²) in [5, 5.41) is 20.8. The van der Waals surface area contributed by atoms with Crippen LogP contribution in [0.15, 0.2) is 31.2 Å². The van der Waals surface area contributed by atoms with Crippen LogP contribution in [0.4, 0.5) is 5.00 Å². The van der Waals surface area contributed by atoms with Crippen LogP contribution in [0, 0.1) is 25.2 Å². The van der Waals surface area contributed by atoms with Crippen molar-refractivity contribution in [3.63, 3.8) is 0 Å². The summed E-state index contributed by atoms with van der Waals surface area (Å²) in [6.07, 6.45) is 4.00. The van der Waals surface area contributed by atoms with Gasteiger partial charge in [0.25, 0.3) is 5.56 Å². The number of hydrogen-bond acceptors (Lipinski definition) is 6. The highest BCUT2D eigenvalue weighted by atomic mass is 79.9. The summed E-state index contributed by atoms with van der Waals surface area (Å²) >= 11 is 4.84. The summed E-state index contributed by atoms with van der Waals surface area (Å²) in [7, 11) is 0. The van der Waals surface area contributed by atoms with Gasteiger partial charge in [0.2, 0.25) is 5.88 Å². The predicted molar refractivity (Wildman–Crippen MR) is 120 cm³/mol. The van der Waals surface area contributed by atoms with E-state index in [1.165, 1.54) is 17.6 Å². The van der Waals surface area contributed by atoms with Gasteiger partial charge >= 0.3 is 5.69 Å². The number of nitriles is 1. The largest absolute Gasteiger partial charge is 0.493 e. The van der Waals surface area contributed by atoms with Crippen molar-refractivity contribution in [2.45, 2.75) is 33.1 Å². The van der Waals surface area contributed by atoms with E-state index in [4.69, 9.17) is 0 Å². The van der Waals surface area contributed by atoms with E-state index in [1.54, 1.807) is 6.07 Å². The lowest BCUT2D eigenvalue weighted by Gasteiger charge is -2.13. The third-order valence-corrected chi connectivity index (χ3v) is 7.09. The summed E-state index contributed by atoms with van der Waals surface area (Å²) in [5.74, 6) is -0.515. The lowest BCUT2D eigenvalue weighted by atomic mass is 10.1. The highest BCUT2D eigenvalue weighted by Gasteiger charge is 2.22. The van der Waals surface area contributed by atoms with Crippen LogP contribution in [-0.4, -0.2) is 20.9 Å². The minimum Gasteiger partial charge on any atom is -0.493 e. The molecule has 0 saturated carbocycles. The Balaban J connectivity index is 1.86. The van der Waals surface area contributed by atoms with Gasteiger partial charge in [0.1, 0.15) is 16.6 Å². The van der Waals surface area contributed by atoms with Crippen molar-refractivity contribution < 1.29 is 5.11 Å². The molecule has 0 aliphatic heterocycles. The number of nitrogens with zero attached hydrogens (tertiary/aromatic N) is 3. The Labute approximate surface area is 184 Å². The molecule has 2 N–H and O–H groups in total. The number of aliphatic imine (C=N–C) groups is 1. The minimum absolute atomic E-state index is 0.155. The Bertz CT molecular complexity index is 1370. The second-order valence-electron chi connectivity index (χ2n) is 7.13. The number of aromatic amines is 1. The molecule has 1 aromatic carbocycles. The van der Waals surface area contributed by atoms with Crippen LogP contribution in [0.5, 0.6) is 5.88 Å². The van der Waals surface area contributed by atoms with Gasteiger partial charge in [0.05, 0.1) is 11.3 Å². The van der Waals surface area contributed by atoms with E-state index in [0.29, 0.717) is 20.7 Å². The molecule has 0 fully saturated rings. The number of halogens is 1. The van der Waals surface area contributed by atoms with Crippen LogP contribution in [0.1, 0.15) is 39.1 Å². The van der Waals surface area contributed by atoms with Gasteiger partial charge in [0.15, 0.2) is 0 Å². The van der Waals surface area contributed by atoms with Gasteiger partial charge in [-0.15, -0.1) is 11.3 Å². The number of aromatic hydroxyl groups is 1. The van der Waals surface area contributed by atoms with Gasteiger partial charge in [-0.05, 0) is 77.9 Å². The Kier molecular flexibility index (Phi) is 5.22. The van der Waals surface area contributed by atoms with Crippen molar-refractivity contribution in [3.05, 3.63) is 70.1 Å². The zero-order valence-electron chi connectivity index (χ0n) is 16.2. The molecular formula is C21H17BrN4O3S. The maximum atomic E-state index is 12.5. The molecule has 0 radical (unpaired) electrons. The smallest absolute Gasteiger partial charge is 0.335 e. The van der Waals surface area contributed by atoms with Crippen molar-refractivity contribution in [3.8, 4) is 17.6 Å². The summed E-state index contributed by atoms with van der Waals surface area (Å²) in [4.78, 5) is 32.5. The SMILES string of the molecule is Cc1cc(Br)c(-n2c(O)c(C=Nc3sc4c(c3C#N)CCC4)c(=O)[nH]c2=O)cc1C. The molecule has 2 heterocycles. The highest BCUT2D eigenvalue weighted by molar-refractivity contribution is 9.10. The van der Waals surface area contributed by atoms with Gasteiger partial charge in [-0.1, -0.05) is 0 Å². The third kappa shape index (κ3) is 3.32. The molecule has 0 unspecified atom stereocenters. The summed E-state index contributed by atoms with van der Waals surface area (Å²) in [6, 6.07) is 5.78. The zero-order chi connectivity index (χ0) is 21.6. The molecule has 9 heteroatoms. The second kappa shape index (κ2) is 7.70. The Morgan fingerprint density at radius 3 is 2.77 bits per heavy atom. The average Bonchev–Trinajstić information content (AvgIpc) is 3.26. The maximum absolute atomic E-state index is 12.5. The molecule has 0 bridgehead atoms. The predicted octanol–water partition coefficient (Wildman–Crippen LogP) is 3.78. The number of benzene rings is 1. The fraction of sp³-hybridized carbons (Fsp3) is 0.238. The van der Waals surface area contributed by atoms with Gasteiger partial charge in [-0.3, -0.25) is 9.78 Å². The molecule has 1 aliphatic rings. The molecule has 0 saturated heterocycles. The number of thiophene rings is 1. The van der Waals surface area contributed by atoms with E-state index in [2.05, 4.69) is 32.0 Å². The molecule has 0 atom stereocenters. The van der Waals surface area contributed by atoms with Crippen molar-refractivity contribution in [1.29, 1.82) is 5.26 Å². The Hall–Kier alpha value is -2.96. The standard InChI is InChI=1S/C21H17BrN4O3S/c1-10-6-15(22)16(7-11(10)2)26-20(28)14(18(27)25-21(26)29)9-24-19-13(8-23)12-4-3-5-17(12)30-19/h6-7,9,28H,3-5H2,1-2H3,(H,25,27,29). The molecule has 2 aromatic heterocycles. The summed E-state index contributed by atoms with van der Waals surface area (Å²) in [5.41, 5.74) is 2.22. The Morgan fingerprint density at radius 1 is 1.30 bits per heavy atom. The van der Waals surface area contributed by atoms with Crippen LogP contribution < -0.4 is 11.2 Å². The molecule has 0 spiro atoms. The van der Waals surface area contributed by atoms with E-state index in [0.717, 1.165) is 45.4 Å². The van der Waals surface area contributed by atoms with Crippen LogP contribution in [-0.2, 0) is 12.8 Å². The van der Waals surface area contributed by atoms with Gasteiger partial charge < -0.3 is 5.11 Å². The number of aromatic nitrogens is 2. The number of nitrogens with one attached hydrogen (secondary N) is 1. The third-order valence-electron chi connectivity index (χ3n) is 5.25. The van der Waals surface area contributed by atoms with Crippen LogP contribution in [0.3, 0.4) is 0 Å². The van der Waals surface area contributed by atoms with E-state index < -0.39 is 17.1 Å². The van der Waals surface area contributed by atoms with Gasteiger partial charge in [-0.2, -0.15) is 5.26 Å². The molecular weight excluding hydrogens is 468 g/mol. The molecule has 0 amide bonds. The van der Waals surface area contributed by atoms with Crippen LogP contribution >= 0.6 is 27.3 Å². The number of rotatable bonds is 3. The summed E-state index contributed by atoms with van der Waals surface area (Å²) < 4.78 is 1.62. The number of fused-ring (bicyclic) bond motifs is 1. The van der Waals surface area contributed by atoms with Crippen molar-refractivity contribution in [2.24, 2.45) is 4.99 Å². The van der Waals surface area contributed by atoms with Crippen molar-refractivity contribution in [1.82, 2.24) is 9.55 Å². The Morgan fingerprint density at radius 2 is 2.03 bits per heavy atom. The number of hydrogen-bond donors (Lipinski definition) is 2. The van der Waals surface area contributed by atoms with E-state index in [-0.39, 0.29) is 5.56 Å². The lowest BCUT2D eigenvalue weighted by molar-refractivity contribution is 0.430. The molecule has 152 valence electrons. The number of H-pyrrole nitrogens is 1. The molecule has 4 rings (SSSR count). The van der Waals surface area contributed by atoms with Crippen molar-refractivity contribution in [2.75, 3.05) is 0 Å². The first kappa shape index (κ1) is 20.3. The average molecular weight is 485 g/mol. The van der Waals surface area contributed by atoms with E-state index in [1.807, 2.05) is 19.9 Å². The molecule has 30 heavy (non-hydrogen) atoms. The summed E-state index contributed by atoms with van der Waals surface area (Å²) in [6.45, 7) is 3.82. The van der Waals surface area contributed by atoms with E-state index >= 15 is 0 Å². The first-order chi connectivity index (χ1) is 14.3.